The summed E-state index contributed by atoms with van der Waals surface area (Å²) in [7, 11) is 1.63. The number of hydrogen-bond acceptors (Lipinski definition) is 5. The van der Waals surface area contributed by atoms with E-state index in [0.717, 1.165) is 16.5 Å². The summed E-state index contributed by atoms with van der Waals surface area (Å²) in [4.78, 5) is 12.1. The van der Waals surface area contributed by atoms with E-state index in [4.69, 9.17) is 0 Å². The number of thioether (sulfide) groups is 1. The number of anilines is 1. The molecule has 7 heteroatoms. The Kier molecular flexibility index (Phi) is 4.47. The lowest BCUT2D eigenvalue weighted by Gasteiger charge is -2.08. The van der Waals surface area contributed by atoms with Crippen molar-refractivity contribution in [3.63, 3.8) is 0 Å². The second kappa shape index (κ2) is 6.70. The van der Waals surface area contributed by atoms with Crippen molar-refractivity contribution in [1.82, 2.24) is 5.27 Å². The molecule has 1 aromatic heterocycles. The molecule has 0 radical (unpaired) electrons. The topological polar surface area (TPSA) is 82.1 Å². The van der Waals surface area contributed by atoms with E-state index in [2.05, 4.69) is 15.1 Å². The fraction of sp³-hybridized carbons (Fsp3) is 0.188. The van der Waals surface area contributed by atoms with Crippen LogP contribution in [-0.2, 0) is 11.8 Å². The van der Waals surface area contributed by atoms with Crippen molar-refractivity contribution in [3.8, 4) is 5.95 Å². The van der Waals surface area contributed by atoms with Gasteiger partial charge in [0.1, 0.15) is 0 Å². The lowest BCUT2D eigenvalue weighted by atomic mass is 10.1. The van der Waals surface area contributed by atoms with Crippen molar-refractivity contribution < 1.29 is 19.1 Å². The van der Waals surface area contributed by atoms with E-state index in [1.807, 2.05) is 42.5 Å². The molecule has 23 heavy (non-hydrogen) atoms. The van der Waals surface area contributed by atoms with Gasteiger partial charge in [0, 0.05) is 23.2 Å². The second-order valence-electron chi connectivity index (χ2n) is 4.96. The van der Waals surface area contributed by atoms with Crippen molar-refractivity contribution in [2.24, 2.45) is 7.05 Å². The molecule has 1 heterocycles. The van der Waals surface area contributed by atoms with E-state index in [-0.39, 0.29) is 5.91 Å². The molecular weight excluding hydrogens is 314 g/mol. The molecule has 0 saturated heterocycles. The molecule has 0 aliphatic heterocycles. The summed E-state index contributed by atoms with van der Waals surface area (Å²) in [5.41, 5.74) is 0.790. The minimum absolute atomic E-state index is 0.0968. The molecule has 3 aromatic rings. The average molecular weight is 329 g/mol. The third-order valence-corrected chi connectivity index (χ3v) is 4.46. The van der Waals surface area contributed by atoms with Crippen LogP contribution in [0.1, 0.15) is 6.42 Å². The number of fused-ring (bicyclic) bond motifs is 1. The maximum atomic E-state index is 12.1. The van der Waals surface area contributed by atoms with Gasteiger partial charge in [-0.15, -0.1) is 0 Å². The quantitative estimate of drug-likeness (QED) is 0.570. The minimum Gasteiger partial charge on any atom is -0.538 e. The summed E-state index contributed by atoms with van der Waals surface area (Å²) < 4.78 is 5.90. The maximum Gasteiger partial charge on any atom is 0.290 e. The summed E-state index contributed by atoms with van der Waals surface area (Å²) in [6.45, 7) is 0. The summed E-state index contributed by atoms with van der Waals surface area (Å²) in [6, 6.07) is 13.7. The van der Waals surface area contributed by atoms with Gasteiger partial charge in [-0.1, -0.05) is 52.8 Å². The largest absolute Gasteiger partial charge is 0.538 e. The van der Waals surface area contributed by atoms with Crippen LogP contribution in [0.3, 0.4) is 0 Å². The molecule has 0 aliphatic carbocycles. The SMILES string of the molecule is C[n+]1noc([O-])c1SCCC(=O)Nc1cccc2ccccc12. The van der Waals surface area contributed by atoms with Gasteiger partial charge in [0.2, 0.25) is 5.91 Å². The first kappa shape index (κ1) is 15.4. The van der Waals surface area contributed by atoms with Crippen LogP contribution >= 0.6 is 11.8 Å². The van der Waals surface area contributed by atoms with Crippen LogP contribution in [0.2, 0.25) is 0 Å². The van der Waals surface area contributed by atoms with Gasteiger partial charge in [-0.2, -0.15) is 0 Å². The Morgan fingerprint density at radius 1 is 1.30 bits per heavy atom. The second-order valence-corrected chi connectivity index (χ2v) is 6.05. The highest BCUT2D eigenvalue weighted by molar-refractivity contribution is 7.99. The predicted octanol–water partition coefficient (Wildman–Crippen LogP) is 1.85. The van der Waals surface area contributed by atoms with Crippen LogP contribution in [0, 0.1) is 0 Å². The van der Waals surface area contributed by atoms with E-state index in [1.54, 1.807) is 7.05 Å². The molecule has 1 N–H and O–H groups in total. The van der Waals surface area contributed by atoms with E-state index in [0.29, 0.717) is 17.2 Å². The smallest absolute Gasteiger partial charge is 0.290 e. The van der Waals surface area contributed by atoms with Gasteiger partial charge >= 0.3 is 0 Å². The molecule has 0 spiro atoms. The Bertz CT molecular complexity index is 823. The molecule has 0 bridgehead atoms. The predicted molar refractivity (Wildman–Crippen MR) is 85.0 cm³/mol. The van der Waals surface area contributed by atoms with Gasteiger partial charge in [-0.25, -0.2) is 0 Å². The first-order chi connectivity index (χ1) is 11.1. The van der Waals surface area contributed by atoms with E-state index in [9.17, 15) is 9.90 Å². The van der Waals surface area contributed by atoms with Gasteiger partial charge < -0.3 is 14.9 Å². The van der Waals surface area contributed by atoms with Crippen molar-refractivity contribution in [2.45, 2.75) is 11.4 Å². The summed E-state index contributed by atoms with van der Waals surface area (Å²) in [5.74, 6) is -0.103. The number of aryl methyl sites for hydroxylation is 1. The number of amides is 1. The third kappa shape index (κ3) is 3.45. The highest BCUT2D eigenvalue weighted by Gasteiger charge is 2.14. The number of rotatable bonds is 5. The van der Waals surface area contributed by atoms with Crippen LogP contribution < -0.4 is 15.1 Å². The Labute approximate surface area is 137 Å². The zero-order valence-electron chi connectivity index (χ0n) is 12.5. The fourth-order valence-electron chi connectivity index (χ4n) is 2.25. The first-order valence-electron chi connectivity index (χ1n) is 7.08. The van der Waals surface area contributed by atoms with Gasteiger partial charge in [0.15, 0.2) is 13.0 Å². The van der Waals surface area contributed by atoms with Gasteiger partial charge in [0.25, 0.3) is 5.03 Å². The molecule has 0 aliphatic rings. The van der Waals surface area contributed by atoms with Gasteiger partial charge in [0.05, 0.1) is 5.27 Å². The highest BCUT2D eigenvalue weighted by Crippen LogP contribution is 2.24. The van der Waals surface area contributed by atoms with Crippen LogP contribution in [0.4, 0.5) is 5.69 Å². The molecule has 0 fully saturated rings. The lowest BCUT2D eigenvalue weighted by Crippen LogP contribution is -2.32. The Morgan fingerprint density at radius 2 is 2.09 bits per heavy atom. The van der Waals surface area contributed by atoms with E-state index in [1.165, 1.54) is 16.4 Å². The molecule has 0 saturated carbocycles. The summed E-state index contributed by atoms with van der Waals surface area (Å²) >= 11 is 1.26. The number of benzene rings is 2. The van der Waals surface area contributed by atoms with Crippen molar-refractivity contribution in [1.29, 1.82) is 0 Å². The zero-order valence-corrected chi connectivity index (χ0v) is 13.3. The molecule has 1 amide bonds. The number of carbonyl (C=O) groups is 1. The number of aromatic nitrogens is 2. The third-order valence-electron chi connectivity index (χ3n) is 3.35. The molecule has 2 aromatic carbocycles. The Hall–Kier alpha value is -2.54. The zero-order chi connectivity index (χ0) is 16.2. The standard InChI is InChI=1S/C16H15N3O3S/c1-19-15(16(21)22-18-19)23-10-9-14(20)17-13-8-4-6-11-5-2-3-7-12(11)13/h2-8H,9-10H2,1H3,(H-,17,18,20,21). The van der Waals surface area contributed by atoms with Crippen molar-refractivity contribution in [3.05, 3.63) is 42.5 Å². The normalized spacial score (nSPS) is 10.8. The molecule has 0 atom stereocenters. The van der Waals surface area contributed by atoms with Gasteiger partial charge in [-0.3, -0.25) is 4.79 Å². The van der Waals surface area contributed by atoms with Crippen LogP contribution in [-0.4, -0.2) is 16.9 Å². The average Bonchev–Trinajstić information content (AvgIpc) is 2.87. The highest BCUT2D eigenvalue weighted by atomic mass is 32.2. The lowest BCUT2D eigenvalue weighted by molar-refractivity contribution is -0.772. The number of carbonyl (C=O) groups excluding carboxylic acids is 1. The van der Waals surface area contributed by atoms with E-state index >= 15 is 0 Å². The van der Waals surface area contributed by atoms with Crippen LogP contribution in [0.5, 0.6) is 5.95 Å². The van der Waals surface area contributed by atoms with Crippen LogP contribution in [0.25, 0.3) is 10.8 Å². The monoisotopic (exact) mass is 329 g/mol. The summed E-state index contributed by atoms with van der Waals surface area (Å²) in [5, 5.41) is 20.3. The first-order valence-corrected chi connectivity index (χ1v) is 8.07. The Morgan fingerprint density at radius 3 is 2.87 bits per heavy atom. The maximum absolute atomic E-state index is 12.1. The summed E-state index contributed by atoms with van der Waals surface area (Å²) in [6.07, 6.45) is 0.290. The van der Waals surface area contributed by atoms with E-state index < -0.39 is 5.95 Å². The van der Waals surface area contributed by atoms with Crippen molar-refractivity contribution in [2.75, 3.05) is 11.1 Å². The number of nitrogens with zero attached hydrogens (tertiary/aromatic N) is 2. The molecule has 6 nitrogen and oxygen atoms in total. The molecule has 0 unspecified atom stereocenters. The Balaban J connectivity index is 1.61. The number of nitrogens with one attached hydrogen (secondary N) is 1. The fourth-order valence-corrected chi connectivity index (χ4v) is 3.10. The minimum atomic E-state index is -0.480. The van der Waals surface area contributed by atoms with Crippen molar-refractivity contribution >= 4 is 34.1 Å². The molecule has 3 rings (SSSR count). The van der Waals surface area contributed by atoms with Gasteiger partial charge in [-0.05, 0) is 11.5 Å². The molecular formula is C16H15N3O3S. The molecule has 118 valence electrons. The number of hydrogen-bond donors (Lipinski definition) is 1. The van der Waals surface area contributed by atoms with Crippen LogP contribution in [0.15, 0.2) is 52.0 Å².